The zero-order chi connectivity index (χ0) is 23.5. The summed E-state index contributed by atoms with van der Waals surface area (Å²) in [4.78, 5) is 30.1. The molecule has 0 saturated carbocycles. The number of likely N-dealkylation sites (tertiary alicyclic amines) is 1. The molecule has 172 valence electrons. The summed E-state index contributed by atoms with van der Waals surface area (Å²) >= 11 is 0. The van der Waals surface area contributed by atoms with Gasteiger partial charge in [0.25, 0.3) is 6.47 Å². The van der Waals surface area contributed by atoms with Gasteiger partial charge < -0.3 is 19.6 Å². The molecule has 33 heavy (non-hydrogen) atoms. The first-order chi connectivity index (χ1) is 16.0. The standard InChI is InChI=1S/C25H27N3O2.CH2O2/c1-16-11-24(26-23-12-20(30-3)9-10-21(16)23)27-13-19-14-28(17(2)29)25(22(19)15-27)18-7-5-4-6-8-18;2-1-3/h4-12,19,22,25H,13-15H2,1-3H3;1H,(H,2,3)/t19-,22-,25-;/m1./s1. The Kier molecular flexibility index (Phi) is 6.49. The van der Waals surface area contributed by atoms with Crippen LogP contribution in [-0.4, -0.2) is 54.1 Å². The van der Waals surface area contributed by atoms with E-state index in [9.17, 15) is 4.79 Å². The molecule has 2 fully saturated rings. The SMILES string of the molecule is COc1ccc2c(C)cc(N3C[C@@H]4CN(C(C)=O)[C@H](c5ccccc5)[C@@H]4C3)nc2c1.O=CO. The molecule has 0 unspecified atom stereocenters. The topological polar surface area (TPSA) is 83.0 Å². The van der Waals surface area contributed by atoms with Gasteiger partial charge in [-0.1, -0.05) is 30.3 Å². The van der Waals surface area contributed by atoms with Gasteiger partial charge in [-0.25, -0.2) is 4.98 Å². The van der Waals surface area contributed by atoms with Crippen LogP contribution in [0.1, 0.15) is 24.1 Å². The number of benzene rings is 2. The van der Waals surface area contributed by atoms with Gasteiger partial charge in [0.15, 0.2) is 0 Å². The summed E-state index contributed by atoms with van der Waals surface area (Å²) in [5, 5.41) is 8.05. The summed E-state index contributed by atoms with van der Waals surface area (Å²) in [5.41, 5.74) is 3.42. The number of fused-ring (bicyclic) bond motifs is 2. The van der Waals surface area contributed by atoms with Crippen molar-refractivity contribution in [2.24, 2.45) is 11.8 Å². The summed E-state index contributed by atoms with van der Waals surface area (Å²) in [7, 11) is 1.68. The fourth-order valence-electron chi connectivity index (χ4n) is 5.29. The number of amides is 1. The van der Waals surface area contributed by atoms with Crippen LogP contribution in [0, 0.1) is 18.8 Å². The molecule has 0 aliphatic carbocycles. The van der Waals surface area contributed by atoms with Crippen molar-refractivity contribution in [2.75, 3.05) is 31.6 Å². The lowest BCUT2D eigenvalue weighted by Gasteiger charge is -2.29. The van der Waals surface area contributed by atoms with Crippen molar-refractivity contribution >= 4 is 29.1 Å². The minimum atomic E-state index is -0.250. The number of hydrogen-bond donors (Lipinski definition) is 1. The van der Waals surface area contributed by atoms with E-state index in [0.717, 1.165) is 42.1 Å². The lowest BCUT2D eigenvalue weighted by molar-refractivity contribution is -0.130. The average Bonchev–Trinajstić information content (AvgIpc) is 3.38. The normalized spacial score (nSPS) is 21.4. The second-order valence-electron chi connectivity index (χ2n) is 8.64. The highest BCUT2D eigenvalue weighted by atomic mass is 16.5. The fraction of sp³-hybridized carbons (Fsp3) is 0.346. The van der Waals surface area contributed by atoms with E-state index in [-0.39, 0.29) is 18.4 Å². The fourth-order valence-corrected chi connectivity index (χ4v) is 5.29. The number of carbonyl (C=O) groups is 2. The maximum Gasteiger partial charge on any atom is 0.290 e. The zero-order valence-electron chi connectivity index (χ0n) is 19.1. The third kappa shape index (κ3) is 4.35. The molecule has 1 aromatic heterocycles. The number of anilines is 1. The maximum absolute atomic E-state index is 12.4. The largest absolute Gasteiger partial charge is 0.497 e. The Hall–Kier alpha value is -3.61. The van der Waals surface area contributed by atoms with Gasteiger partial charge in [-0.2, -0.15) is 0 Å². The molecule has 2 aliphatic rings. The molecule has 3 aromatic rings. The van der Waals surface area contributed by atoms with Crippen LogP contribution in [0.4, 0.5) is 5.82 Å². The predicted molar refractivity (Wildman–Crippen MR) is 127 cm³/mol. The molecule has 2 saturated heterocycles. The second kappa shape index (κ2) is 9.48. The Labute approximate surface area is 193 Å². The molecule has 2 aromatic carbocycles. The predicted octanol–water partition coefficient (Wildman–Crippen LogP) is 3.91. The molecular formula is C26H29N3O4. The molecule has 3 atom stereocenters. The first kappa shape index (κ1) is 22.6. The van der Waals surface area contributed by atoms with E-state index in [1.54, 1.807) is 14.0 Å². The van der Waals surface area contributed by atoms with E-state index in [1.165, 1.54) is 11.1 Å². The van der Waals surface area contributed by atoms with Gasteiger partial charge >= 0.3 is 0 Å². The third-order valence-electron chi connectivity index (χ3n) is 6.74. The first-order valence-electron chi connectivity index (χ1n) is 11.1. The van der Waals surface area contributed by atoms with Crippen LogP contribution in [0.2, 0.25) is 0 Å². The van der Waals surface area contributed by atoms with E-state index >= 15 is 0 Å². The Bertz CT molecular complexity index is 1150. The third-order valence-corrected chi connectivity index (χ3v) is 6.74. The van der Waals surface area contributed by atoms with Crippen LogP contribution in [0.5, 0.6) is 5.75 Å². The van der Waals surface area contributed by atoms with Crippen molar-refractivity contribution in [1.82, 2.24) is 9.88 Å². The molecular weight excluding hydrogens is 418 g/mol. The van der Waals surface area contributed by atoms with Gasteiger partial charge in [0.05, 0.1) is 18.7 Å². The smallest absolute Gasteiger partial charge is 0.290 e. The molecule has 0 bridgehead atoms. The number of ether oxygens (including phenoxy) is 1. The van der Waals surface area contributed by atoms with Crippen LogP contribution in [0.25, 0.3) is 10.9 Å². The molecule has 1 N–H and O–H groups in total. The number of aromatic nitrogens is 1. The number of pyridine rings is 1. The highest BCUT2D eigenvalue weighted by Crippen LogP contribution is 2.46. The number of methoxy groups -OCH3 is 1. The molecule has 2 aliphatic heterocycles. The molecule has 3 heterocycles. The number of hydrogen-bond acceptors (Lipinski definition) is 5. The lowest BCUT2D eigenvalue weighted by Crippen LogP contribution is -2.34. The molecule has 5 rings (SSSR count). The van der Waals surface area contributed by atoms with Gasteiger partial charge in [-0.3, -0.25) is 9.59 Å². The lowest BCUT2D eigenvalue weighted by atomic mass is 9.89. The number of rotatable bonds is 3. The van der Waals surface area contributed by atoms with Crippen molar-refractivity contribution in [1.29, 1.82) is 0 Å². The van der Waals surface area contributed by atoms with Crippen molar-refractivity contribution < 1.29 is 19.4 Å². The molecule has 0 spiro atoms. The van der Waals surface area contributed by atoms with Crippen LogP contribution < -0.4 is 9.64 Å². The Balaban J connectivity index is 0.000000821. The maximum atomic E-state index is 12.4. The Morgan fingerprint density at radius 3 is 2.52 bits per heavy atom. The van der Waals surface area contributed by atoms with E-state index in [2.05, 4.69) is 53.1 Å². The van der Waals surface area contributed by atoms with Gasteiger partial charge in [0.2, 0.25) is 5.91 Å². The molecule has 1 amide bonds. The minimum absolute atomic E-state index is 0.139. The molecule has 0 radical (unpaired) electrons. The van der Waals surface area contributed by atoms with Crippen LogP contribution in [0.3, 0.4) is 0 Å². The summed E-state index contributed by atoms with van der Waals surface area (Å²) in [6.45, 7) is 6.24. The van der Waals surface area contributed by atoms with Gasteiger partial charge in [-0.05, 0) is 36.2 Å². The second-order valence-corrected chi connectivity index (χ2v) is 8.64. The monoisotopic (exact) mass is 447 g/mol. The van der Waals surface area contributed by atoms with E-state index in [0.29, 0.717) is 11.8 Å². The highest BCUT2D eigenvalue weighted by Gasteiger charge is 2.48. The Morgan fingerprint density at radius 2 is 1.85 bits per heavy atom. The molecule has 7 nitrogen and oxygen atoms in total. The minimum Gasteiger partial charge on any atom is -0.497 e. The van der Waals surface area contributed by atoms with Gasteiger partial charge in [0.1, 0.15) is 11.6 Å². The van der Waals surface area contributed by atoms with Crippen LogP contribution in [-0.2, 0) is 9.59 Å². The quantitative estimate of drug-likeness (QED) is 0.613. The number of carboxylic acid groups (broad SMARTS) is 1. The van der Waals surface area contributed by atoms with E-state index < -0.39 is 0 Å². The molecule has 7 heteroatoms. The summed E-state index contributed by atoms with van der Waals surface area (Å²) < 4.78 is 5.39. The average molecular weight is 448 g/mol. The first-order valence-corrected chi connectivity index (χ1v) is 11.1. The van der Waals surface area contributed by atoms with E-state index in [1.807, 2.05) is 18.2 Å². The summed E-state index contributed by atoms with van der Waals surface area (Å²) in [5.74, 6) is 2.88. The van der Waals surface area contributed by atoms with Crippen LogP contribution >= 0.6 is 0 Å². The van der Waals surface area contributed by atoms with Crippen molar-refractivity contribution in [2.45, 2.75) is 19.9 Å². The highest BCUT2D eigenvalue weighted by molar-refractivity contribution is 5.85. The van der Waals surface area contributed by atoms with Gasteiger partial charge in [-0.15, -0.1) is 0 Å². The van der Waals surface area contributed by atoms with Crippen molar-refractivity contribution in [3.63, 3.8) is 0 Å². The Morgan fingerprint density at radius 1 is 1.12 bits per heavy atom. The van der Waals surface area contributed by atoms with Crippen LogP contribution in [0.15, 0.2) is 54.6 Å². The van der Waals surface area contributed by atoms with E-state index in [4.69, 9.17) is 19.6 Å². The van der Waals surface area contributed by atoms with Gasteiger partial charge in [0, 0.05) is 49.8 Å². The van der Waals surface area contributed by atoms with Crippen molar-refractivity contribution in [3.05, 3.63) is 65.7 Å². The summed E-state index contributed by atoms with van der Waals surface area (Å²) in [6, 6.07) is 18.9. The number of aryl methyl sites for hydroxylation is 1. The summed E-state index contributed by atoms with van der Waals surface area (Å²) in [6.07, 6.45) is 0. The van der Waals surface area contributed by atoms with Crippen molar-refractivity contribution in [3.8, 4) is 5.75 Å². The number of carbonyl (C=O) groups excluding carboxylic acids is 1. The zero-order valence-corrected chi connectivity index (χ0v) is 19.1. The number of nitrogens with zero attached hydrogens (tertiary/aromatic N) is 3.